The van der Waals surface area contributed by atoms with Crippen molar-refractivity contribution < 1.29 is 9.63 Å². The van der Waals surface area contributed by atoms with Crippen molar-refractivity contribution in [3.8, 4) is 0 Å². The summed E-state index contributed by atoms with van der Waals surface area (Å²) in [7, 11) is 0. The molecule has 2 rings (SSSR count). The molecule has 0 saturated carbocycles. The molecule has 0 N–H and O–H groups in total. The third-order valence-corrected chi connectivity index (χ3v) is 5.82. The van der Waals surface area contributed by atoms with Crippen molar-refractivity contribution in [1.29, 1.82) is 0 Å². The van der Waals surface area contributed by atoms with Crippen LogP contribution >= 0.6 is 0 Å². The second kappa shape index (κ2) is 7.32. The van der Waals surface area contributed by atoms with Crippen molar-refractivity contribution in [3.05, 3.63) is 35.9 Å². The van der Waals surface area contributed by atoms with E-state index in [1.165, 1.54) is 0 Å². The van der Waals surface area contributed by atoms with Gasteiger partial charge in [0, 0.05) is 12.1 Å². The van der Waals surface area contributed by atoms with Gasteiger partial charge in [0.25, 0.3) is 0 Å². The normalized spacial score (nSPS) is 21.7. The Morgan fingerprint density at radius 3 is 2.12 bits per heavy atom. The number of benzene rings is 1. The quantitative estimate of drug-likeness (QED) is 0.744. The molecule has 1 aliphatic heterocycles. The van der Waals surface area contributed by atoms with E-state index in [0.717, 1.165) is 18.4 Å². The Morgan fingerprint density at radius 2 is 1.65 bits per heavy atom. The molecule has 1 fully saturated rings. The second-order valence-electron chi connectivity index (χ2n) is 9.01. The molecule has 4 nitrogen and oxygen atoms in total. The zero-order valence-electron chi connectivity index (χ0n) is 17.8. The molecule has 0 aliphatic carbocycles. The second-order valence-corrected chi connectivity index (χ2v) is 9.01. The summed E-state index contributed by atoms with van der Waals surface area (Å²) in [6.45, 7) is 17.4. The maximum absolute atomic E-state index is 13.3. The van der Waals surface area contributed by atoms with Gasteiger partial charge in [-0.15, -0.1) is 0 Å². The highest BCUT2D eigenvalue weighted by Gasteiger charge is 2.56. The first-order chi connectivity index (χ1) is 12.0. The molecule has 0 radical (unpaired) electrons. The first-order valence-corrected chi connectivity index (χ1v) is 9.83. The fourth-order valence-corrected chi connectivity index (χ4v) is 3.93. The number of amides is 1. The molecule has 1 aromatic carbocycles. The maximum atomic E-state index is 13.3. The Bertz CT molecular complexity index is 615. The third kappa shape index (κ3) is 3.67. The lowest BCUT2D eigenvalue weighted by molar-refractivity contribution is -0.312. The minimum Gasteiger partial charge on any atom is -0.334 e. The average Bonchev–Trinajstić information content (AvgIpc) is 2.59. The first-order valence-electron chi connectivity index (χ1n) is 9.83. The lowest BCUT2D eigenvalue weighted by Crippen LogP contribution is -2.74. The van der Waals surface area contributed by atoms with Gasteiger partial charge in [-0.2, -0.15) is 5.06 Å². The monoisotopic (exact) mass is 360 g/mol. The largest absolute Gasteiger partial charge is 0.334 e. The van der Waals surface area contributed by atoms with Crippen LogP contribution in [0.4, 0.5) is 0 Å². The van der Waals surface area contributed by atoms with Crippen molar-refractivity contribution in [1.82, 2.24) is 9.96 Å². The highest BCUT2D eigenvalue weighted by molar-refractivity contribution is 5.87. The van der Waals surface area contributed by atoms with Gasteiger partial charge in [0.15, 0.2) is 0 Å². The Hall–Kier alpha value is -1.39. The van der Waals surface area contributed by atoms with E-state index in [0.29, 0.717) is 6.54 Å². The summed E-state index contributed by atoms with van der Waals surface area (Å²) in [5, 5.41) is 2.02. The van der Waals surface area contributed by atoms with E-state index in [1.54, 1.807) is 0 Å². The SMILES string of the molecule is CCC1(CC)CN(C(C)(C)C)C(=O)C(C)(C)N1OC(C)c1ccccc1. The Kier molecular flexibility index (Phi) is 5.89. The molecule has 4 heteroatoms. The van der Waals surface area contributed by atoms with Crippen LogP contribution in [0, 0.1) is 0 Å². The van der Waals surface area contributed by atoms with Gasteiger partial charge in [0.2, 0.25) is 5.91 Å². The fourth-order valence-electron chi connectivity index (χ4n) is 3.93. The van der Waals surface area contributed by atoms with Crippen molar-refractivity contribution in [2.24, 2.45) is 0 Å². The third-order valence-electron chi connectivity index (χ3n) is 5.82. The molecule has 0 aromatic heterocycles. The molecule has 1 atom stereocenters. The molecule has 1 amide bonds. The summed E-state index contributed by atoms with van der Waals surface area (Å²) in [6, 6.07) is 10.2. The van der Waals surface area contributed by atoms with Gasteiger partial charge in [-0.1, -0.05) is 44.2 Å². The standard InChI is InChI=1S/C22H36N2O2/c1-9-22(10-2)16-23(20(4,5)6)19(25)21(7,8)24(22)26-17(3)18-14-12-11-13-15-18/h11-15,17H,9-10,16H2,1-8H3. The van der Waals surface area contributed by atoms with E-state index in [4.69, 9.17) is 4.84 Å². The number of hydrogen-bond donors (Lipinski definition) is 0. The van der Waals surface area contributed by atoms with E-state index >= 15 is 0 Å². The smallest absolute Gasteiger partial charge is 0.245 e. The zero-order valence-corrected chi connectivity index (χ0v) is 17.8. The molecule has 1 aromatic rings. The first kappa shape index (κ1) is 20.9. The van der Waals surface area contributed by atoms with E-state index < -0.39 is 5.54 Å². The van der Waals surface area contributed by atoms with Crippen molar-refractivity contribution >= 4 is 5.91 Å². The molecule has 0 spiro atoms. The van der Waals surface area contributed by atoms with Crippen LogP contribution in [0.5, 0.6) is 0 Å². The number of rotatable bonds is 5. The Morgan fingerprint density at radius 1 is 1.12 bits per heavy atom. The number of carbonyl (C=O) groups is 1. The lowest BCUT2D eigenvalue weighted by Gasteiger charge is -2.59. The van der Waals surface area contributed by atoms with E-state index in [2.05, 4.69) is 53.7 Å². The Labute approximate surface area is 159 Å². The zero-order chi connectivity index (χ0) is 19.8. The van der Waals surface area contributed by atoms with Crippen molar-refractivity contribution in [2.75, 3.05) is 6.54 Å². The van der Waals surface area contributed by atoms with Gasteiger partial charge < -0.3 is 4.90 Å². The molecule has 26 heavy (non-hydrogen) atoms. The maximum Gasteiger partial charge on any atom is 0.245 e. The average molecular weight is 361 g/mol. The van der Waals surface area contributed by atoms with Gasteiger partial charge in [-0.3, -0.25) is 9.63 Å². The summed E-state index contributed by atoms with van der Waals surface area (Å²) < 4.78 is 0. The summed E-state index contributed by atoms with van der Waals surface area (Å²) in [5.74, 6) is 0.128. The van der Waals surface area contributed by atoms with Gasteiger partial charge in [-0.05, 0) is 59.9 Å². The van der Waals surface area contributed by atoms with Crippen LogP contribution in [-0.2, 0) is 9.63 Å². The van der Waals surface area contributed by atoms with Gasteiger partial charge >= 0.3 is 0 Å². The minimum atomic E-state index is -0.722. The molecule has 1 heterocycles. The molecular weight excluding hydrogens is 324 g/mol. The predicted molar refractivity (Wildman–Crippen MR) is 107 cm³/mol. The van der Waals surface area contributed by atoms with E-state index in [1.807, 2.05) is 42.0 Å². The summed E-state index contributed by atoms with van der Waals surface area (Å²) in [6.07, 6.45) is 1.74. The molecule has 1 saturated heterocycles. The molecule has 1 unspecified atom stereocenters. The van der Waals surface area contributed by atoms with Crippen LogP contribution < -0.4 is 0 Å². The Balaban J connectivity index is 2.43. The van der Waals surface area contributed by atoms with Crippen molar-refractivity contribution in [2.45, 2.75) is 91.0 Å². The van der Waals surface area contributed by atoms with Crippen LogP contribution in [0.2, 0.25) is 0 Å². The summed E-state index contributed by atoms with van der Waals surface area (Å²) in [4.78, 5) is 21.9. The number of nitrogens with zero attached hydrogens (tertiary/aromatic N) is 2. The number of piperazine rings is 1. The highest BCUT2D eigenvalue weighted by atomic mass is 16.7. The molecule has 1 aliphatic rings. The summed E-state index contributed by atoms with van der Waals surface area (Å²) in [5.41, 5.74) is -0.00909. The highest BCUT2D eigenvalue weighted by Crippen LogP contribution is 2.42. The number of hydroxylamine groups is 2. The van der Waals surface area contributed by atoms with Gasteiger partial charge in [0.1, 0.15) is 11.6 Å². The minimum absolute atomic E-state index is 0.109. The van der Waals surface area contributed by atoms with Crippen LogP contribution in [0.25, 0.3) is 0 Å². The van der Waals surface area contributed by atoms with Crippen LogP contribution in [0.1, 0.15) is 79.9 Å². The molecule has 146 valence electrons. The number of hydrogen-bond acceptors (Lipinski definition) is 3. The van der Waals surface area contributed by atoms with Crippen LogP contribution in [-0.4, -0.2) is 39.0 Å². The van der Waals surface area contributed by atoms with Crippen molar-refractivity contribution in [3.63, 3.8) is 0 Å². The summed E-state index contributed by atoms with van der Waals surface area (Å²) >= 11 is 0. The van der Waals surface area contributed by atoms with Gasteiger partial charge in [-0.25, -0.2) is 0 Å². The topological polar surface area (TPSA) is 32.8 Å². The molecule has 0 bridgehead atoms. The van der Waals surface area contributed by atoms with E-state index in [9.17, 15) is 4.79 Å². The predicted octanol–water partition coefficient (Wildman–Crippen LogP) is 4.96. The van der Waals surface area contributed by atoms with Gasteiger partial charge in [0.05, 0.1) is 5.54 Å². The molecular formula is C22H36N2O2. The van der Waals surface area contributed by atoms with Crippen LogP contribution in [0.3, 0.4) is 0 Å². The lowest BCUT2D eigenvalue weighted by atomic mass is 9.81. The number of carbonyl (C=O) groups excluding carboxylic acids is 1. The fraction of sp³-hybridized carbons (Fsp3) is 0.682. The van der Waals surface area contributed by atoms with Crippen LogP contribution in [0.15, 0.2) is 30.3 Å². The van der Waals surface area contributed by atoms with E-state index in [-0.39, 0.29) is 23.1 Å².